The Labute approximate surface area is 215 Å². The lowest BCUT2D eigenvalue weighted by Gasteiger charge is -2.34. The maximum atomic E-state index is 12.6. The molecule has 0 radical (unpaired) electrons. The van der Waals surface area contributed by atoms with Gasteiger partial charge in [0.1, 0.15) is 5.75 Å². The maximum absolute atomic E-state index is 12.6. The van der Waals surface area contributed by atoms with E-state index in [1.807, 2.05) is 12.1 Å². The van der Waals surface area contributed by atoms with E-state index < -0.39 is 0 Å². The summed E-state index contributed by atoms with van der Waals surface area (Å²) in [5.41, 5.74) is 5.50. The number of imide groups is 1. The minimum atomic E-state index is -0.142. The summed E-state index contributed by atoms with van der Waals surface area (Å²) in [7, 11) is 0. The second-order valence-corrected chi connectivity index (χ2v) is 11.2. The number of aryl methyl sites for hydroxylation is 1. The van der Waals surface area contributed by atoms with Crippen LogP contribution in [0.25, 0.3) is 0 Å². The standard InChI is InChI=1S/C31H40N2O3/c1-22(2)21-36-29-25-10-4-3-9-23(25)13-14-26(29)24-15-19-32(20-16-24)17-7-8-18-33-30(34)27-11-5-6-12-28(27)31(33)35/h5-6,11-14,22,24H,3-4,7-10,15-21H2,1-2H3. The first-order valence-electron chi connectivity index (χ1n) is 14.0. The molecule has 5 heteroatoms. The number of ether oxygens (including phenoxy) is 1. The van der Waals surface area contributed by atoms with Gasteiger partial charge in [-0.05, 0) is 112 Å². The Balaban J connectivity index is 1.12. The zero-order chi connectivity index (χ0) is 25.1. The molecule has 2 amide bonds. The number of hydrogen-bond donors (Lipinski definition) is 0. The normalized spacial score (nSPS) is 18.6. The van der Waals surface area contributed by atoms with Gasteiger partial charge in [-0.25, -0.2) is 0 Å². The topological polar surface area (TPSA) is 49.9 Å². The number of rotatable bonds is 9. The van der Waals surface area contributed by atoms with Crippen LogP contribution in [-0.4, -0.2) is 54.4 Å². The van der Waals surface area contributed by atoms with Crippen LogP contribution in [0.2, 0.25) is 0 Å². The highest BCUT2D eigenvalue weighted by Crippen LogP contribution is 2.40. The number of nitrogens with zero attached hydrogens (tertiary/aromatic N) is 2. The molecule has 0 atom stereocenters. The van der Waals surface area contributed by atoms with Gasteiger partial charge in [-0.2, -0.15) is 0 Å². The molecule has 3 aliphatic rings. The van der Waals surface area contributed by atoms with E-state index >= 15 is 0 Å². The van der Waals surface area contributed by atoms with E-state index in [4.69, 9.17) is 4.74 Å². The molecule has 2 aliphatic heterocycles. The lowest BCUT2D eigenvalue weighted by atomic mass is 9.83. The minimum absolute atomic E-state index is 0.142. The first-order chi connectivity index (χ1) is 17.5. The zero-order valence-electron chi connectivity index (χ0n) is 21.9. The number of carbonyl (C=O) groups excluding carboxylic acids is 2. The van der Waals surface area contributed by atoms with Crippen molar-refractivity contribution in [1.82, 2.24) is 9.80 Å². The van der Waals surface area contributed by atoms with Crippen molar-refractivity contribution in [2.45, 2.75) is 71.1 Å². The van der Waals surface area contributed by atoms with Crippen molar-refractivity contribution in [2.24, 2.45) is 5.92 Å². The van der Waals surface area contributed by atoms with Crippen LogP contribution in [0.1, 0.15) is 95.7 Å². The molecule has 5 rings (SSSR count). The third-order valence-corrected chi connectivity index (χ3v) is 8.08. The fraction of sp³-hybridized carbons (Fsp3) is 0.548. The van der Waals surface area contributed by atoms with Gasteiger partial charge < -0.3 is 9.64 Å². The van der Waals surface area contributed by atoms with Crippen LogP contribution in [0.5, 0.6) is 5.75 Å². The molecule has 0 saturated carbocycles. The van der Waals surface area contributed by atoms with Crippen LogP contribution in [0.4, 0.5) is 0 Å². The van der Waals surface area contributed by atoms with Crippen molar-refractivity contribution in [3.8, 4) is 5.75 Å². The summed E-state index contributed by atoms with van der Waals surface area (Å²) in [6.45, 7) is 8.96. The number of fused-ring (bicyclic) bond motifs is 2. The van der Waals surface area contributed by atoms with E-state index in [2.05, 4.69) is 30.9 Å². The molecule has 192 valence electrons. The molecular formula is C31H40N2O3. The Hall–Kier alpha value is -2.66. The molecule has 2 aromatic carbocycles. The number of benzene rings is 2. The summed E-state index contributed by atoms with van der Waals surface area (Å²) in [4.78, 5) is 29.1. The minimum Gasteiger partial charge on any atom is -0.493 e. The van der Waals surface area contributed by atoms with Gasteiger partial charge in [0.15, 0.2) is 0 Å². The lowest BCUT2D eigenvalue weighted by Crippen LogP contribution is -2.35. The second kappa shape index (κ2) is 11.2. The van der Waals surface area contributed by atoms with E-state index in [0.717, 1.165) is 58.3 Å². The number of unbranched alkanes of at least 4 members (excludes halogenated alkanes) is 1. The molecule has 0 N–H and O–H groups in total. The Morgan fingerprint density at radius 2 is 1.56 bits per heavy atom. The Morgan fingerprint density at radius 1 is 0.889 bits per heavy atom. The molecule has 5 nitrogen and oxygen atoms in total. The number of amides is 2. The van der Waals surface area contributed by atoms with Crippen molar-refractivity contribution in [3.63, 3.8) is 0 Å². The van der Waals surface area contributed by atoms with E-state index in [1.165, 1.54) is 46.6 Å². The summed E-state index contributed by atoms with van der Waals surface area (Å²) in [5.74, 6) is 2.02. The average Bonchev–Trinajstić information content (AvgIpc) is 3.15. The highest BCUT2D eigenvalue weighted by atomic mass is 16.5. The third-order valence-electron chi connectivity index (χ3n) is 8.08. The average molecular weight is 489 g/mol. The Morgan fingerprint density at radius 3 is 2.25 bits per heavy atom. The molecular weight excluding hydrogens is 448 g/mol. The molecule has 1 fully saturated rings. The van der Waals surface area contributed by atoms with Gasteiger partial charge in [0.2, 0.25) is 0 Å². The fourth-order valence-corrected chi connectivity index (χ4v) is 6.07. The summed E-state index contributed by atoms with van der Waals surface area (Å²) in [6, 6.07) is 11.9. The highest BCUT2D eigenvalue weighted by Gasteiger charge is 2.34. The van der Waals surface area contributed by atoms with Crippen LogP contribution in [-0.2, 0) is 12.8 Å². The molecule has 1 saturated heterocycles. The zero-order valence-corrected chi connectivity index (χ0v) is 21.9. The Kier molecular flexibility index (Phi) is 7.76. The van der Waals surface area contributed by atoms with Crippen LogP contribution in [0, 0.1) is 5.92 Å². The number of carbonyl (C=O) groups is 2. The van der Waals surface area contributed by atoms with Gasteiger partial charge in [0.05, 0.1) is 17.7 Å². The van der Waals surface area contributed by atoms with Gasteiger partial charge >= 0.3 is 0 Å². The van der Waals surface area contributed by atoms with Crippen LogP contribution >= 0.6 is 0 Å². The van der Waals surface area contributed by atoms with Crippen LogP contribution in [0.3, 0.4) is 0 Å². The lowest BCUT2D eigenvalue weighted by molar-refractivity contribution is 0.0649. The molecule has 2 aromatic rings. The monoisotopic (exact) mass is 488 g/mol. The first kappa shape index (κ1) is 25.0. The van der Waals surface area contributed by atoms with E-state index in [1.54, 1.807) is 12.1 Å². The summed E-state index contributed by atoms with van der Waals surface area (Å²) in [6.07, 6.45) is 9.08. The molecule has 0 aromatic heterocycles. The van der Waals surface area contributed by atoms with E-state index in [9.17, 15) is 9.59 Å². The molecule has 36 heavy (non-hydrogen) atoms. The third kappa shape index (κ3) is 5.22. The van der Waals surface area contributed by atoms with Crippen molar-refractivity contribution in [1.29, 1.82) is 0 Å². The predicted octanol–water partition coefficient (Wildman–Crippen LogP) is 5.86. The highest BCUT2D eigenvalue weighted by molar-refractivity contribution is 6.21. The van der Waals surface area contributed by atoms with Gasteiger partial charge in [-0.1, -0.05) is 38.1 Å². The van der Waals surface area contributed by atoms with Gasteiger partial charge in [0, 0.05) is 6.54 Å². The summed E-state index contributed by atoms with van der Waals surface area (Å²) in [5, 5.41) is 0. The number of hydrogen-bond acceptors (Lipinski definition) is 4. The largest absolute Gasteiger partial charge is 0.493 e. The SMILES string of the molecule is CC(C)COc1c(C2CCN(CCCCN3C(=O)c4ccccc4C3=O)CC2)ccc2c1CCCC2. The smallest absolute Gasteiger partial charge is 0.261 e. The van der Waals surface area contributed by atoms with E-state index in [-0.39, 0.29) is 11.8 Å². The van der Waals surface area contributed by atoms with Crippen LogP contribution < -0.4 is 4.74 Å². The van der Waals surface area contributed by atoms with Gasteiger partial charge in [-0.3, -0.25) is 14.5 Å². The Bertz CT molecular complexity index is 1070. The van der Waals surface area contributed by atoms with Gasteiger partial charge in [0.25, 0.3) is 11.8 Å². The van der Waals surface area contributed by atoms with Gasteiger partial charge in [-0.15, -0.1) is 0 Å². The number of likely N-dealkylation sites (tertiary alicyclic amines) is 1. The summed E-state index contributed by atoms with van der Waals surface area (Å²) < 4.78 is 6.47. The second-order valence-electron chi connectivity index (χ2n) is 11.2. The van der Waals surface area contributed by atoms with Crippen molar-refractivity contribution in [3.05, 3.63) is 64.2 Å². The van der Waals surface area contributed by atoms with Crippen molar-refractivity contribution >= 4 is 11.8 Å². The molecule has 1 aliphatic carbocycles. The maximum Gasteiger partial charge on any atom is 0.261 e. The molecule has 2 heterocycles. The first-order valence-corrected chi connectivity index (χ1v) is 14.0. The van der Waals surface area contributed by atoms with Crippen molar-refractivity contribution in [2.75, 3.05) is 32.8 Å². The fourth-order valence-electron chi connectivity index (χ4n) is 6.07. The van der Waals surface area contributed by atoms with E-state index in [0.29, 0.717) is 29.5 Å². The summed E-state index contributed by atoms with van der Waals surface area (Å²) >= 11 is 0. The van der Waals surface area contributed by atoms with Crippen LogP contribution in [0.15, 0.2) is 36.4 Å². The molecule has 0 bridgehead atoms. The quantitative estimate of drug-likeness (QED) is 0.328. The number of piperidine rings is 1. The molecule has 0 unspecified atom stereocenters. The molecule has 0 spiro atoms. The predicted molar refractivity (Wildman–Crippen MR) is 143 cm³/mol. The van der Waals surface area contributed by atoms with Crippen molar-refractivity contribution < 1.29 is 14.3 Å².